The van der Waals surface area contributed by atoms with Crippen LogP contribution in [0.3, 0.4) is 0 Å². The van der Waals surface area contributed by atoms with Crippen molar-refractivity contribution in [3.05, 3.63) is 35.2 Å². The zero-order chi connectivity index (χ0) is 18.7. The Labute approximate surface area is 154 Å². The number of benzene rings is 1. The topological polar surface area (TPSA) is 90.4 Å². The van der Waals surface area contributed by atoms with Crippen molar-refractivity contribution in [2.75, 3.05) is 12.4 Å². The van der Waals surface area contributed by atoms with Crippen molar-refractivity contribution in [3.63, 3.8) is 0 Å². The van der Waals surface area contributed by atoms with Crippen LogP contribution in [0.1, 0.15) is 42.7 Å². The number of amides is 1. The van der Waals surface area contributed by atoms with Gasteiger partial charge >= 0.3 is 0 Å². The third-order valence-electron chi connectivity index (χ3n) is 5.16. The van der Waals surface area contributed by atoms with Crippen LogP contribution in [0, 0.1) is 13.8 Å². The molecule has 3 rings (SSSR count). The minimum absolute atomic E-state index is 0.201. The van der Waals surface area contributed by atoms with Gasteiger partial charge in [-0.25, -0.2) is 0 Å². The molecule has 6 heteroatoms. The lowest BCUT2D eigenvalue weighted by Gasteiger charge is -2.29. The monoisotopic (exact) mass is 357 g/mol. The SMILES string of the molecule is COC1CCC(Nc2ccc(-c3c(C)noc3C)cc2CC(N)=O)CC1. The highest BCUT2D eigenvalue weighted by Crippen LogP contribution is 2.32. The van der Waals surface area contributed by atoms with Crippen molar-refractivity contribution in [2.45, 2.75) is 58.1 Å². The normalized spacial score (nSPS) is 20.1. The molecule has 140 valence electrons. The molecule has 1 aliphatic rings. The first-order valence-corrected chi connectivity index (χ1v) is 9.11. The van der Waals surface area contributed by atoms with Gasteiger partial charge in [-0.05, 0) is 62.8 Å². The molecule has 1 saturated carbocycles. The molecule has 6 nitrogen and oxygen atoms in total. The first-order chi connectivity index (χ1) is 12.5. The Morgan fingerprint density at radius 2 is 2.04 bits per heavy atom. The number of hydrogen-bond donors (Lipinski definition) is 2. The molecule has 0 radical (unpaired) electrons. The van der Waals surface area contributed by atoms with E-state index in [0.717, 1.165) is 59.5 Å². The molecule has 3 N–H and O–H groups in total. The molecule has 1 aromatic heterocycles. The molecule has 2 aromatic rings. The third-order valence-corrected chi connectivity index (χ3v) is 5.16. The van der Waals surface area contributed by atoms with Crippen LogP contribution in [0.25, 0.3) is 11.1 Å². The molecule has 0 bridgehead atoms. The molecular weight excluding hydrogens is 330 g/mol. The van der Waals surface area contributed by atoms with E-state index >= 15 is 0 Å². The summed E-state index contributed by atoms with van der Waals surface area (Å²) in [5.41, 5.74) is 10.2. The fourth-order valence-corrected chi connectivity index (χ4v) is 3.78. The van der Waals surface area contributed by atoms with Gasteiger partial charge in [0.15, 0.2) is 0 Å². The fraction of sp³-hybridized carbons (Fsp3) is 0.500. The maximum Gasteiger partial charge on any atom is 0.221 e. The molecular formula is C20H27N3O3. The summed E-state index contributed by atoms with van der Waals surface area (Å²) in [6.07, 6.45) is 4.78. The van der Waals surface area contributed by atoms with Crippen molar-refractivity contribution in [3.8, 4) is 11.1 Å². The van der Waals surface area contributed by atoms with Gasteiger partial charge in [-0.2, -0.15) is 0 Å². The van der Waals surface area contributed by atoms with E-state index in [2.05, 4.69) is 10.5 Å². The molecule has 1 heterocycles. The highest BCUT2D eigenvalue weighted by Gasteiger charge is 2.22. The number of nitrogens with one attached hydrogen (secondary N) is 1. The zero-order valence-electron chi connectivity index (χ0n) is 15.7. The Morgan fingerprint density at radius 3 is 2.62 bits per heavy atom. The average molecular weight is 357 g/mol. The van der Waals surface area contributed by atoms with Crippen molar-refractivity contribution < 1.29 is 14.1 Å². The van der Waals surface area contributed by atoms with E-state index in [1.165, 1.54) is 0 Å². The van der Waals surface area contributed by atoms with Gasteiger partial charge in [-0.15, -0.1) is 0 Å². The van der Waals surface area contributed by atoms with Gasteiger partial charge in [0.25, 0.3) is 0 Å². The quantitative estimate of drug-likeness (QED) is 0.827. The largest absolute Gasteiger partial charge is 0.382 e. The summed E-state index contributed by atoms with van der Waals surface area (Å²) in [4.78, 5) is 11.6. The Kier molecular flexibility index (Phi) is 5.61. The van der Waals surface area contributed by atoms with E-state index in [0.29, 0.717) is 12.1 Å². The predicted molar refractivity (Wildman–Crippen MR) is 101 cm³/mol. The molecule has 26 heavy (non-hydrogen) atoms. The van der Waals surface area contributed by atoms with Gasteiger partial charge in [-0.1, -0.05) is 11.2 Å². The van der Waals surface area contributed by atoms with Crippen LogP contribution >= 0.6 is 0 Å². The highest BCUT2D eigenvalue weighted by molar-refractivity contribution is 5.81. The molecule has 0 saturated heterocycles. The lowest BCUT2D eigenvalue weighted by molar-refractivity contribution is -0.117. The molecule has 1 amide bonds. The molecule has 1 fully saturated rings. The Bertz CT molecular complexity index is 757. The fourth-order valence-electron chi connectivity index (χ4n) is 3.78. The van der Waals surface area contributed by atoms with Gasteiger partial charge in [0, 0.05) is 24.4 Å². The van der Waals surface area contributed by atoms with Crippen LogP contribution < -0.4 is 11.1 Å². The molecule has 0 spiro atoms. The summed E-state index contributed by atoms with van der Waals surface area (Å²) in [5, 5.41) is 7.62. The first kappa shape index (κ1) is 18.5. The maximum absolute atomic E-state index is 11.6. The predicted octanol–water partition coefficient (Wildman–Crippen LogP) is 3.36. The van der Waals surface area contributed by atoms with E-state index in [1.54, 1.807) is 7.11 Å². The summed E-state index contributed by atoms with van der Waals surface area (Å²) in [5.74, 6) is 0.429. The number of hydrogen-bond acceptors (Lipinski definition) is 5. The van der Waals surface area contributed by atoms with E-state index in [4.69, 9.17) is 15.0 Å². The Balaban J connectivity index is 1.84. The minimum Gasteiger partial charge on any atom is -0.382 e. The number of nitrogens with two attached hydrogens (primary N) is 1. The van der Waals surface area contributed by atoms with Crippen LogP contribution in [0.2, 0.25) is 0 Å². The summed E-state index contributed by atoms with van der Waals surface area (Å²) in [6.45, 7) is 3.81. The maximum atomic E-state index is 11.6. The highest BCUT2D eigenvalue weighted by atomic mass is 16.5. The summed E-state index contributed by atoms with van der Waals surface area (Å²) < 4.78 is 10.7. The number of nitrogens with zero attached hydrogens (tertiary/aromatic N) is 1. The first-order valence-electron chi connectivity index (χ1n) is 9.11. The standard InChI is InChI=1S/C20H27N3O3/c1-12-20(13(2)26-23-12)14-4-9-18(15(10-14)11-19(21)24)22-16-5-7-17(25-3)8-6-16/h4,9-10,16-17,22H,5-8,11H2,1-3H3,(H2,21,24). The van der Waals surface area contributed by atoms with Gasteiger partial charge < -0.3 is 20.3 Å². The second-order valence-electron chi connectivity index (χ2n) is 7.07. The number of anilines is 1. The number of carbonyl (C=O) groups excluding carboxylic acids is 1. The average Bonchev–Trinajstić information content (AvgIpc) is 2.95. The van der Waals surface area contributed by atoms with Gasteiger partial charge in [0.1, 0.15) is 5.76 Å². The summed E-state index contributed by atoms with van der Waals surface area (Å²) >= 11 is 0. The van der Waals surface area contributed by atoms with Gasteiger partial charge in [-0.3, -0.25) is 4.79 Å². The lowest BCUT2D eigenvalue weighted by Crippen LogP contribution is -2.29. The lowest BCUT2D eigenvalue weighted by atomic mass is 9.92. The van der Waals surface area contributed by atoms with E-state index < -0.39 is 0 Å². The number of ether oxygens (including phenoxy) is 1. The number of methoxy groups -OCH3 is 1. The van der Waals surface area contributed by atoms with Gasteiger partial charge in [0.05, 0.1) is 18.2 Å². The van der Waals surface area contributed by atoms with Crippen molar-refractivity contribution in [1.82, 2.24) is 5.16 Å². The smallest absolute Gasteiger partial charge is 0.221 e. The van der Waals surface area contributed by atoms with Crippen molar-refractivity contribution in [2.24, 2.45) is 5.73 Å². The Hall–Kier alpha value is -2.34. The second-order valence-corrected chi connectivity index (χ2v) is 7.07. The van der Waals surface area contributed by atoms with Crippen LogP contribution in [-0.2, 0) is 16.0 Å². The number of rotatable bonds is 6. The molecule has 0 unspecified atom stereocenters. The van der Waals surface area contributed by atoms with Crippen LogP contribution in [-0.4, -0.2) is 30.3 Å². The second kappa shape index (κ2) is 7.91. The van der Waals surface area contributed by atoms with E-state index in [-0.39, 0.29) is 12.3 Å². The number of aromatic nitrogens is 1. The van der Waals surface area contributed by atoms with E-state index in [9.17, 15) is 4.79 Å². The molecule has 1 aromatic carbocycles. The van der Waals surface area contributed by atoms with Crippen LogP contribution in [0.15, 0.2) is 22.7 Å². The van der Waals surface area contributed by atoms with Crippen molar-refractivity contribution in [1.29, 1.82) is 0 Å². The molecule has 1 aliphatic carbocycles. The third kappa shape index (κ3) is 4.07. The van der Waals surface area contributed by atoms with Crippen molar-refractivity contribution >= 4 is 11.6 Å². The summed E-state index contributed by atoms with van der Waals surface area (Å²) in [7, 11) is 1.77. The van der Waals surface area contributed by atoms with Gasteiger partial charge in [0.2, 0.25) is 5.91 Å². The Morgan fingerprint density at radius 1 is 1.31 bits per heavy atom. The number of aryl methyl sites for hydroxylation is 2. The number of carbonyl (C=O) groups is 1. The summed E-state index contributed by atoms with van der Waals surface area (Å²) in [6, 6.07) is 6.47. The van der Waals surface area contributed by atoms with E-state index in [1.807, 2.05) is 32.0 Å². The zero-order valence-corrected chi connectivity index (χ0v) is 15.7. The number of primary amides is 1. The molecule has 0 aliphatic heterocycles. The van der Waals surface area contributed by atoms with Crippen LogP contribution in [0.4, 0.5) is 5.69 Å². The molecule has 0 atom stereocenters. The minimum atomic E-state index is -0.341. The van der Waals surface area contributed by atoms with Crippen LogP contribution in [0.5, 0.6) is 0 Å².